The highest BCUT2D eigenvalue weighted by molar-refractivity contribution is 5.91. The van der Waals surface area contributed by atoms with E-state index in [0.29, 0.717) is 19.4 Å². The number of hydrogen-bond acceptors (Lipinski definition) is 5. The second-order valence-corrected chi connectivity index (χ2v) is 4.85. The van der Waals surface area contributed by atoms with Gasteiger partial charge in [-0.3, -0.25) is 14.7 Å². The molecule has 8 nitrogen and oxygen atoms in total. The molecular weight excluding hydrogens is 250 g/mol. The van der Waals surface area contributed by atoms with E-state index >= 15 is 0 Å². The predicted molar refractivity (Wildman–Crippen MR) is 66.3 cm³/mol. The number of carbonyl (C=O) groups is 2. The van der Waals surface area contributed by atoms with E-state index in [2.05, 4.69) is 15.2 Å². The van der Waals surface area contributed by atoms with Crippen molar-refractivity contribution >= 4 is 17.8 Å². The Morgan fingerprint density at radius 2 is 2.32 bits per heavy atom. The summed E-state index contributed by atoms with van der Waals surface area (Å²) in [4.78, 5) is 28.8. The zero-order valence-electron chi connectivity index (χ0n) is 10.7. The lowest BCUT2D eigenvalue weighted by atomic mass is 9.83. The van der Waals surface area contributed by atoms with Crippen LogP contribution in [0.2, 0.25) is 0 Å². The van der Waals surface area contributed by atoms with Crippen molar-refractivity contribution in [3.63, 3.8) is 0 Å². The summed E-state index contributed by atoms with van der Waals surface area (Å²) in [6.07, 6.45) is 1.79. The first-order valence-electron chi connectivity index (χ1n) is 6.19. The van der Waals surface area contributed by atoms with Gasteiger partial charge < -0.3 is 15.7 Å². The fraction of sp³-hybridized carbons (Fsp3) is 0.636. The summed E-state index contributed by atoms with van der Waals surface area (Å²) in [5.41, 5.74) is 4.51. The Labute approximate surface area is 110 Å². The fourth-order valence-electron chi connectivity index (χ4n) is 2.53. The highest BCUT2D eigenvalue weighted by Gasteiger charge is 2.45. The van der Waals surface area contributed by atoms with Crippen LogP contribution in [0.1, 0.15) is 36.8 Å². The number of rotatable bonds is 4. The number of aromatic amines is 1. The molecule has 0 bridgehead atoms. The number of hydrogen-bond donors (Lipinski definition) is 3. The quantitative estimate of drug-likeness (QED) is 0.710. The molecule has 8 heteroatoms. The first kappa shape index (κ1) is 13.3. The minimum Gasteiger partial charge on any atom is -0.481 e. The molecule has 1 atom stereocenters. The number of carboxylic acids is 1. The number of amides is 1. The summed E-state index contributed by atoms with van der Waals surface area (Å²) < 4.78 is 0. The van der Waals surface area contributed by atoms with Crippen molar-refractivity contribution in [1.29, 1.82) is 0 Å². The van der Waals surface area contributed by atoms with Gasteiger partial charge in [-0.25, -0.2) is 0 Å². The van der Waals surface area contributed by atoms with Crippen molar-refractivity contribution in [3.05, 3.63) is 5.82 Å². The zero-order chi connectivity index (χ0) is 14.0. The third kappa shape index (κ3) is 2.38. The summed E-state index contributed by atoms with van der Waals surface area (Å²) in [7, 11) is 0. The van der Waals surface area contributed by atoms with Crippen LogP contribution in [0.3, 0.4) is 0 Å². The Kier molecular flexibility index (Phi) is 3.41. The molecule has 1 aromatic heterocycles. The van der Waals surface area contributed by atoms with Crippen molar-refractivity contribution in [2.45, 2.75) is 26.2 Å². The van der Waals surface area contributed by atoms with Gasteiger partial charge >= 0.3 is 5.97 Å². The maximum atomic E-state index is 12.1. The van der Waals surface area contributed by atoms with Crippen LogP contribution in [0.15, 0.2) is 0 Å². The molecule has 0 aromatic carbocycles. The highest BCUT2D eigenvalue weighted by Crippen LogP contribution is 2.35. The number of nitrogen functional groups attached to an aromatic ring is 1. The van der Waals surface area contributed by atoms with Crippen LogP contribution < -0.4 is 5.73 Å². The first-order valence-corrected chi connectivity index (χ1v) is 6.19. The molecule has 0 spiro atoms. The first-order chi connectivity index (χ1) is 8.98. The molecule has 1 unspecified atom stereocenters. The Morgan fingerprint density at radius 3 is 2.84 bits per heavy atom. The van der Waals surface area contributed by atoms with Crippen molar-refractivity contribution in [2.75, 3.05) is 18.8 Å². The third-order valence-corrected chi connectivity index (χ3v) is 3.53. The molecule has 4 N–H and O–H groups in total. The van der Waals surface area contributed by atoms with Crippen molar-refractivity contribution < 1.29 is 14.7 Å². The van der Waals surface area contributed by atoms with Crippen molar-refractivity contribution in [1.82, 2.24) is 20.1 Å². The maximum absolute atomic E-state index is 12.1. The van der Waals surface area contributed by atoms with Gasteiger partial charge in [0.05, 0.1) is 5.41 Å². The van der Waals surface area contributed by atoms with E-state index in [4.69, 9.17) is 5.73 Å². The summed E-state index contributed by atoms with van der Waals surface area (Å²) in [5.74, 6) is -1.15. The minimum absolute atomic E-state index is 0.000558. The van der Waals surface area contributed by atoms with Crippen LogP contribution >= 0.6 is 0 Å². The number of anilines is 1. The molecule has 104 valence electrons. The molecular formula is C11H17N5O3. The van der Waals surface area contributed by atoms with E-state index in [9.17, 15) is 14.7 Å². The second kappa shape index (κ2) is 4.87. The van der Waals surface area contributed by atoms with Gasteiger partial charge in [0.2, 0.25) is 11.8 Å². The van der Waals surface area contributed by atoms with E-state index in [1.54, 1.807) is 0 Å². The molecule has 1 amide bonds. The molecule has 1 aromatic rings. The van der Waals surface area contributed by atoms with Gasteiger partial charge in [0.25, 0.3) is 5.91 Å². The van der Waals surface area contributed by atoms with Crippen LogP contribution in [0.4, 0.5) is 5.95 Å². The zero-order valence-corrected chi connectivity index (χ0v) is 10.7. The van der Waals surface area contributed by atoms with Gasteiger partial charge in [-0.15, -0.1) is 5.10 Å². The Morgan fingerprint density at radius 1 is 1.58 bits per heavy atom. The summed E-state index contributed by atoms with van der Waals surface area (Å²) >= 11 is 0. The van der Waals surface area contributed by atoms with Gasteiger partial charge in [-0.1, -0.05) is 13.3 Å². The number of nitrogens with one attached hydrogen (secondary N) is 1. The molecule has 2 heterocycles. The van der Waals surface area contributed by atoms with E-state index in [1.807, 2.05) is 6.92 Å². The number of H-pyrrole nitrogens is 1. The summed E-state index contributed by atoms with van der Waals surface area (Å²) in [5, 5.41) is 15.4. The van der Waals surface area contributed by atoms with Crippen molar-refractivity contribution in [3.8, 4) is 0 Å². The normalized spacial score (nSPS) is 22.7. The average Bonchev–Trinajstić information content (AvgIpc) is 2.96. The molecule has 1 aliphatic heterocycles. The Balaban J connectivity index is 2.13. The number of aromatic nitrogens is 3. The second-order valence-electron chi connectivity index (χ2n) is 4.85. The fourth-order valence-corrected chi connectivity index (χ4v) is 2.53. The lowest BCUT2D eigenvalue weighted by molar-refractivity contribution is -0.148. The molecule has 2 rings (SSSR count). The molecule has 0 saturated carbocycles. The molecule has 0 aliphatic carbocycles. The number of nitrogens with two attached hydrogens (primary N) is 1. The standard InChI is InChI=1S/C11H17N5O3/c1-2-3-11(9(18)19)4-5-16(6-11)8(17)7-13-10(12)15-14-7/h2-6H2,1H3,(H,18,19)(H3,12,13,14,15). The highest BCUT2D eigenvalue weighted by atomic mass is 16.4. The van der Waals surface area contributed by atoms with E-state index in [0.717, 1.165) is 6.42 Å². The SMILES string of the molecule is CCCC1(C(=O)O)CCN(C(=O)c2nc(N)n[nH]2)C1. The van der Waals surface area contributed by atoms with Gasteiger partial charge in [0.1, 0.15) is 0 Å². The lowest BCUT2D eigenvalue weighted by Gasteiger charge is -2.23. The number of likely N-dealkylation sites (tertiary alicyclic amines) is 1. The van der Waals surface area contributed by atoms with E-state index in [1.165, 1.54) is 4.90 Å². The predicted octanol–water partition coefficient (Wildman–Crippen LogP) is 0.104. The maximum Gasteiger partial charge on any atom is 0.311 e. The van der Waals surface area contributed by atoms with Crippen molar-refractivity contribution in [2.24, 2.45) is 5.41 Å². The molecule has 0 radical (unpaired) electrons. The largest absolute Gasteiger partial charge is 0.481 e. The Hall–Kier alpha value is -2.12. The monoisotopic (exact) mass is 267 g/mol. The third-order valence-electron chi connectivity index (χ3n) is 3.53. The number of nitrogens with zero attached hydrogens (tertiary/aromatic N) is 3. The lowest BCUT2D eigenvalue weighted by Crippen LogP contribution is -2.37. The van der Waals surface area contributed by atoms with Gasteiger partial charge in [-0.05, 0) is 12.8 Å². The molecule has 19 heavy (non-hydrogen) atoms. The van der Waals surface area contributed by atoms with Crippen LogP contribution in [0, 0.1) is 5.41 Å². The summed E-state index contributed by atoms with van der Waals surface area (Å²) in [6.45, 7) is 2.55. The van der Waals surface area contributed by atoms with Crippen LogP contribution in [0.5, 0.6) is 0 Å². The van der Waals surface area contributed by atoms with Gasteiger partial charge in [0, 0.05) is 13.1 Å². The van der Waals surface area contributed by atoms with Crippen LogP contribution in [-0.2, 0) is 4.79 Å². The van der Waals surface area contributed by atoms with Gasteiger partial charge in [0.15, 0.2) is 0 Å². The summed E-state index contributed by atoms with van der Waals surface area (Å²) in [6, 6.07) is 0. The van der Waals surface area contributed by atoms with Gasteiger partial charge in [-0.2, -0.15) is 4.98 Å². The average molecular weight is 267 g/mol. The number of aliphatic carboxylic acids is 1. The topological polar surface area (TPSA) is 125 Å². The van der Waals surface area contributed by atoms with Crippen LogP contribution in [-0.4, -0.2) is 50.2 Å². The minimum atomic E-state index is -0.846. The smallest absolute Gasteiger partial charge is 0.311 e. The van der Waals surface area contributed by atoms with E-state index < -0.39 is 11.4 Å². The van der Waals surface area contributed by atoms with Crippen LogP contribution in [0.25, 0.3) is 0 Å². The number of carbonyl (C=O) groups excluding carboxylic acids is 1. The van der Waals surface area contributed by atoms with E-state index in [-0.39, 0.29) is 24.2 Å². The molecule has 1 fully saturated rings. The Bertz CT molecular complexity index is 500. The molecule has 1 saturated heterocycles. The number of carboxylic acid groups (broad SMARTS) is 1. The molecule has 1 aliphatic rings.